The van der Waals surface area contributed by atoms with E-state index in [-0.39, 0.29) is 11.7 Å². The molecule has 0 fully saturated rings. The Hall–Kier alpha value is -2.92. The van der Waals surface area contributed by atoms with Gasteiger partial charge in [-0.25, -0.2) is 4.39 Å². The molecule has 0 spiro atoms. The lowest BCUT2D eigenvalue weighted by Crippen LogP contribution is -2.12. The van der Waals surface area contributed by atoms with Crippen LogP contribution in [0, 0.1) is 5.82 Å². The topological polar surface area (TPSA) is 54.0 Å². The molecule has 2 aromatic carbocycles. The van der Waals surface area contributed by atoms with E-state index >= 15 is 0 Å². The highest BCUT2D eigenvalue weighted by atomic mass is 35.5. The van der Waals surface area contributed by atoms with E-state index in [4.69, 9.17) is 11.6 Å². The number of rotatable bonds is 4. The second-order valence-corrected chi connectivity index (χ2v) is 5.44. The highest BCUT2D eigenvalue weighted by Gasteiger charge is 2.09. The Morgan fingerprint density at radius 1 is 1.00 bits per heavy atom. The lowest BCUT2D eigenvalue weighted by molar-refractivity contribution is 0.102. The van der Waals surface area contributed by atoms with Crippen molar-refractivity contribution in [3.05, 3.63) is 83.4 Å². The Morgan fingerprint density at radius 2 is 1.75 bits per heavy atom. The first-order chi connectivity index (χ1) is 11.6. The van der Waals surface area contributed by atoms with Gasteiger partial charge in [0, 0.05) is 11.9 Å². The van der Waals surface area contributed by atoms with Gasteiger partial charge in [0.05, 0.1) is 28.2 Å². The number of carbonyl (C=O) groups excluding carboxylic acids is 1. The third-order valence-electron chi connectivity index (χ3n) is 3.26. The minimum absolute atomic E-state index is 0.313. The van der Waals surface area contributed by atoms with Gasteiger partial charge < -0.3 is 10.6 Å². The molecule has 6 heteroatoms. The highest BCUT2D eigenvalue weighted by Crippen LogP contribution is 2.22. The second-order valence-electron chi connectivity index (χ2n) is 5.03. The van der Waals surface area contributed by atoms with Crippen LogP contribution in [0.15, 0.2) is 67.0 Å². The van der Waals surface area contributed by atoms with Gasteiger partial charge in [-0.2, -0.15) is 0 Å². The van der Waals surface area contributed by atoms with E-state index in [1.165, 1.54) is 18.3 Å². The fourth-order valence-corrected chi connectivity index (χ4v) is 2.27. The maximum Gasteiger partial charge on any atom is 0.257 e. The number of pyridine rings is 1. The molecular weight excluding hydrogens is 329 g/mol. The summed E-state index contributed by atoms with van der Waals surface area (Å²) in [6.45, 7) is 0. The summed E-state index contributed by atoms with van der Waals surface area (Å²) in [5.41, 5.74) is 2.22. The van der Waals surface area contributed by atoms with Crippen molar-refractivity contribution in [3.8, 4) is 0 Å². The van der Waals surface area contributed by atoms with Crippen molar-refractivity contribution in [3.63, 3.8) is 0 Å². The molecule has 0 bridgehead atoms. The number of nitrogens with zero attached hydrogens (tertiary/aromatic N) is 1. The number of benzene rings is 2. The van der Waals surface area contributed by atoms with E-state index in [1.54, 1.807) is 48.7 Å². The van der Waals surface area contributed by atoms with Crippen LogP contribution < -0.4 is 10.6 Å². The standard InChI is InChI=1S/C18H13ClFN3O/c19-16-3-1-2-4-17(16)23-18(24)12-9-15(11-21-10-12)22-14-7-5-13(20)6-8-14/h1-11,22H,(H,23,24). The summed E-state index contributed by atoms with van der Waals surface area (Å²) >= 11 is 6.03. The van der Waals surface area contributed by atoms with E-state index in [1.807, 2.05) is 0 Å². The third kappa shape index (κ3) is 3.88. The van der Waals surface area contributed by atoms with Gasteiger partial charge in [0.15, 0.2) is 0 Å². The molecular formula is C18H13ClFN3O. The van der Waals surface area contributed by atoms with E-state index in [2.05, 4.69) is 15.6 Å². The van der Waals surface area contributed by atoms with Crippen LogP contribution in [0.1, 0.15) is 10.4 Å². The van der Waals surface area contributed by atoms with Gasteiger partial charge in [0.2, 0.25) is 0 Å². The Balaban J connectivity index is 1.76. The molecule has 0 unspecified atom stereocenters. The van der Waals surface area contributed by atoms with Crippen LogP contribution in [0.5, 0.6) is 0 Å². The average Bonchev–Trinajstić information content (AvgIpc) is 2.59. The smallest absolute Gasteiger partial charge is 0.257 e. The number of hydrogen-bond donors (Lipinski definition) is 2. The second kappa shape index (κ2) is 7.10. The number of carbonyl (C=O) groups is 1. The van der Waals surface area contributed by atoms with Crippen molar-refractivity contribution >= 4 is 34.6 Å². The predicted molar refractivity (Wildman–Crippen MR) is 93.3 cm³/mol. The maximum atomic E-state index is 12.9. The number of para-hydroxylation sites is 1. The van der Waals surface area contributed by atoms with Gasteiger partial charge in [-0.1, -0.05) is 23.7 Å². The number of nitrogens with one attached hydrogen (secondary N) is 2. The lowest BCUT2D eigenvalue weighted by Gasteiger charge is -2.09. The van der Waals surface area contributed by atoms with Gasteiger partial charge in [-0.05, 0) is 42.5 Å². The van der Waals surface area contributed by atoms with Crippen LogP contribution >= 0.6 is 11.6 Å². The van der Waals surface area contributed by atoms with Gasteiger partial charge in [-0.15, -0.1) is 0 Å². The fraction of sp³-hybridized carbons (Fsp3) is 0. The quantitative estimate of drug-likeness (QED) is 0.711. The van der Waals surface area contributed by atoms with Crippen molar-refractivity contribution in [2.24, 2.45) is 0 Å². The van der Waals surface area contributed by atoms with Crippen molar-refractivity contribution in [1.29, 1.82) is 0 Å². The zero-order valence-corrected chi connectivity index (χ0v) is 13.2. The first-order valence-corrected chi connectivity index (χ1v) is 7.53. The van der Waals surface area contributed by atoms with Crippen molar-refractivity contribution in [2.75, 3.05) is 10.6 Å². The monoisotopic (exact) mass is 341 g/mol. The Morgan fingerprint density at radius 3 is 2.50 bits per heavy atom. The molecule has 1 heterocycles. The Bertz CT molecular complexity index is 868. The van der Waals surface area contributed by atoms with Gasteiger partial charge in [-0.3, -0.25) is 9.78 Å². The normalized spacial score (nSPS) is 10.2. The van der Waals surface area contributed by atoms with Crippen LogP contribution in [0.3, 0.4) is 0 Å². The molecule has 0 saturated carbocycles. The first-order valence-electron chi connectivity index (χ1n) is 7.15. The molecule has 3 rings (SSSR count). The molecule has 0 atom stereocenters. The fourth-order valence-electron chi connectivity index (χ4n) is 2.09. The molecule has 1 amide bonds. The molecule has 2 N–H and O–H groups in total. The van der Waals surface area contributed by atoms with Crippen LogP contribution in [0.4, 0.5) is 21.5 Å². The molecule has 0 aliphatic rings. The molecule has 4 nitrogen and oxygen atoms in total. The number of halogens is 2. The molecule has 0 saturated heterocycles. The van der Waals surface area contributed by atoms with Crippen LogP contribution in [0.2, 0.25) is 5.02 Å². The minimum Gasteiger partial charge on any atom is -0.354 e. The predicted octanol–water partition coefficient (Wildman–Crippen LogP) is 4.87. The summed E-state index contributed by atoms with van der Waals surface area (Å²) in [6, 6.07) is 14.5. The first kappa shape index (κ1) is 16.0. The molecule has 24 heavy (non-hydrogen) atoms. The average molecular weight is 342 g/mol. The molecule has 1 aromatic heterocycles. The maximum absolute atomic E-state index is 12.9. The van der Waals surface area contributed by atoms with Crippen LogP contribution in [-0.4, -0.2) is 10.9 Å². The molecule has 0 aliphatic carbocycles. The summed E-state index contributed by atoms with van der Waals surface area (Å²) < 4.78 is 12.9. The molecule has 0 aliphatic heterocycles. The van der Waals surface area contributed by atoms with Crippen molar-refractivity contribution in [1.82, 2.24) is 4.98 Å². The summed E-state index contributed by atoms with van der Waals surface area (Å²) in [5.74, 6) is -0.634. The van der Waals surface area contributed by atoms with Crippen LogP contribution in [-0.2, 0) is 0 Å². The summed E-state index contributed by atoms with van der Waals surface area (Å²) in [4.78, 5) is 16.4. The highest BCUT2D eigenvalue weighted by molar-refractivity contribution is 6.33. The zero-order valence-electron chi connectivity index (χ0n) is 12.5. The lowest BCUT2D eigenvalue weighted by atomic mass is 10.2. The van der Waals surface area contributed by atoms with Crippen molar-refractivity contribution in [2.45, 2.75) is 0 Å². The van der Waals surface area contributed by atoms with E-state index < -0.39 is 0 Å². The Labute approximate surface area is 143 Å². The van der Waals surface area contributed by atoms with E-state index in [9.17, 15) is 9.18 Å². The van der Waals surface area contributed by atoms with Gasteiger partial charge in [0.1, 0.15) is 5.82 Å². The molecule has 3 aromatic rings. The van der Waals surface area contributed by atoms with E-state index in [0.29, 0.717) is 27.6 Å². The minimum atomic E-state index is -0.321. The summed E-state index contributed by atoms with van der Waals surface area (Å²) in [5, 5.41) is 6.26. The Kier molecular flexibility index (Phi) is 4.72. The van der Waals surface area contributed by atoms with Gasteiger partial charge >= 0.3 is 0 Å². The SMILES string of the molecule is O=C(Nc1ccccc1Cl)c1cncc(Nc2ccc(F)cc2)c1. The molecule has 0 radical (unpaired) electrons. The largest absolute Gasteiger partial charge is 0.354 e. The van der Waals surface area contributed by atoms with E-state index in [0.717, 1.165) is 0 Å². The van der Waals surface area contributed by atoms with Crippen LogP contribution in [0.25, 0.3) is 0 Å². The number of aromatic nitrogens is 1. The number of hydrogen-bond acceptors (Lipinski definition) is 3. The zero-order chi connectivity index (χ0) is 16.9. The number of amides is 1. The summed E-state index contributed by atoms with van der Waals surface area (Å²) in [6.07, 6.45) is 3.04. The summed E-state index contributed by atoms with van der Waals surface area (Å²) in [7, 11) is 0. The van der Waals surface area contributed by atoms with Crippen molar-refractivity contribution < 1.29 is 9.18 Å². The third-order valence-corrected chi connectivity index (χ3v) is 3.58. The molecule has 120 valence electrons. The van der Waals surface area contributed by atoms with Gasteiger partial charge in [0.25, 0.3) is 5.91 Å². The number of anilines is 3.